The van der Waals surface area contributed by atoms with Gasteiger partial charge in [-0.1, -0.05) is 24.3 Å². The standard InChI is InChI=1S/C22H25N3O3/c1-14-7-5-6-8-15(14)11-12-23-21(28)24-16-9-10-17-18(13-16)20(27)25(19(17)26)22(2,3)4/h5-10,13H,11-12H2,1-4H3,(H2,23,24,28). The van der Waals surface area contributed by atoms with Crippen molar-refractivity contribution in [3.05, 3.63) is 64.7 Å². The first-order chi connectivity index (χ1) is 13.2. The molecule has 0 saturated carbocycles. The number of carbonyl (C=O) groups excluding carboxylic acids is 3. The minimum Gasteiger partial charge on any atom is -0.338 e. The summed E-state index contributed by atoms with van der Waals surface area (Å²) in [6.07, 6.45) is 0.734. The summed E-state index contributed by atoms with van der Waals surface area (Å²) in [5.41, 5.74) is 2.93. The fourth-order valence-electron chi connectivity index (χ4n) is 3.30. The molecule has 1 aliphatic heterocycles. The summed E-state index contributed by atoms with van der Waals surface area (Å²) in [5, 5.41) is 5.54. The number of amides is 4. The van der Waals surface area contributed by atoms with Crippen molar-refractivity contribution in [2.45, 2.75) is 39.7 Å². The van der Waals surface area contributed by atoms with E-state index in [9.17, 15) is 14.4 Å². The number of fused-ring (bicyclic) bond motifs is 1. The van der Waals surface area contributed by atoms with Gasteiger partial charge in [0.25, 0.3) is 11.8 Å². The zero-order chi connectivity index (χ0) is 20.5. The second-order valence-corrected chi connectivity index (χ2v) is 7.93. The van der Waals surface area contributed by atoms with E-state index in [0.717, 1.165) is 6.42 Å². The van der Waals surface area contributed by atoms with Crippen LogP contribution in [-0.4, -0.2) is 34.8 Å². The van der Waals surface area contributed by atoms with Gasteiger partial charge in [0.2, 0.25) is 0 Å². The number of nitrogens with one attached hydrogen (secondary N) is 2. The van der Waals surface area contributed by atoms with Crippen molar-refractivity contribution < 1.29 is 14.4 Å². The second kappa shape index (κ2) is 7.46. The van der Waals surface area contributed by atoms with Crippen LogP contribution in [0.1, 0.15) is 52.6 Å². The van der Waals surface area contributed by atoms with E-state index >= 15 is 0 Å². The molecular weight excluding hydrogens is 354 g/mol. The summed E-state index contributed by atoms with van der Waals surface area (Å²) in [4.78, 5) is 38.6. The SMILES string of the molecule is Cc1ccccc1CCNC(=O)Nc1ccc2c(c1)C(=O)N(C(C)(C)C)C2=O. The lowest BCUT2D eigenvalue weighted by molar-refractivity contribution is 0.0507. The van der Waals surface area contributed by atoms with Gasteiger partial charge in [0.05, 0.1) is 11.1 Å². The Morgan fingerprint density at radius 2 is 1.68 bits per heavy atom. The van der Waals surface area contributed by atoms with Crippen LogP contribution in [0.25, 0.3) is 0 Å². The Hall–Kier alpha value is -3.15. The largest absolute Gasteiger partial charge is 0.338 e. The number of nitrogens with zero attached hydrogens (tertiary/aromatic N) is 1. The zero-order valence-corrected chi connectivity index (χ0v) is 16.6. The quantitative estimate of drug-likeness (QED) is 0.794. The summed E-state index contributed by atoms with van der Waals surface area (Å²) >= 11 is 0. The van der Waals surface area contributed by atoms with Gasteiger partial charge in [-0.15, -0.1) is 0 Å². The Morgan fingerprint density at radius 3 is 2.36 bits per heavy atom. The molecule has 1 heterocycles. The molecule has 0 atom stereocenters. The Bertz CT molecular complexity index is 944. The molecule has 0 unspecified atom stereocenters. The number of hydrogen-bond donors (Lipinski definition) is 2. The third-order valence-electron chi connectivity index (χ3n) is 4.76. The maximum atomic E-state index is 12.6. The molecule has 3 rings (SSSR count). The van der Waals surface area contributed by atoms with Crippen molar-refractivity contribution in [1.29, 1.82) is 0 Å². The van der Waals surface area contributed by atoms with Crippen LogP contribution in [0, 0.1) is 6.92 Å². The van der Waals surface area contributed by atoms with Crippen molar-refractivity contribution in [3.8, 4) is 0 Å². The first-order valence-electron chi connectivity index (χ1n) is 9.31. The van der Waals surface area contributed by atoms with Gasteiger partial charge in [-0.25, -0.2) is 4.79 Å². The van der Waals surface area contributed by atoms with Gasteiger partial charge in [0.15, 0.2) is 0 Å². The fourth-order valence-corrected chi connectivity index (χ4v) is 3.30. The average Bonchev–Trinajstić information content (AvgIpc) is 2.87. The molecule has 28 heavy (non-hydrogen) atoms. The molecule has 2 aromatic rings. The van der Waals surface area contributed by atoms with Gasteiger partial charge in [-0.05, 0) is 63.4 Å². The monoisotopic (exact) mass is 379 g/mol. The van der Waals surface area contributed by atoms with E-state index in [4.69, 9.17) is 0 Å². The number of hydrogen-bond acceptors (Lipinski definition) is 3. The fraction of sp³-hybridized carbons (Fsp3) is 0.318. The molecule has 0 spiro atoms. The Kier molecular flexibility index (Phi) is 5.23. The molecule has 146 valence electrons. The van der Waals surface area contributed by atoms with Gasteiger partial charge in [-0.2, -0.15) is 0 Å². The summed E-state index contributed by atoms with van der Waals surface area (Å²) in [6.45, 7) is 7.98. The van der Waals surface area contributed by atoms with Gasteiger partial charge < -0.3 is 10.6 Å². The lowest BCUT2D eigenvalue weighted by Gasteiger charge is -2.29. The number of urea groups is 1. The molecule has 0 fully saturated rings. The lowest BCUT2D eigenvalue weighted by atomic mass is 10.1. The molecule has 0 aromatic heterocycles. The van der Waals surface area contributed by atoms with E-state index in [2.05, 4.69) is 10.6 Å². The highest BCUT2D eigenvalue weighted by Crippen LogP contribution is 2.30. The molecule has 0 saturated heterocycles. The van der Waals surface area contributed by atoms with Crippen LogP contribution in [0.2, 0.25) is 0 Å². The van der Waals surface area contributed by atoms with Crippen molar-refractivity contribution in [2.75, 3.05) is 11.9 Å². The van der Waals surface area contributed by atoms with E-state index in [0.29, 0.717) is 23.4 Å². The number of aryl methyl sites for hydroxylation is 1. The van der Waals surface area contributed by atoms with E-state index in [1.807, 2.05) is 52.0 Å². The van der Waals surface area contributed by atoms with Crippen molar-refractivity contribution >= 4 is 23.5 Å². The molecule has 2 N–H and O–H groups in total. The highest BCUT2D eigenvalue weighted by Gasteiger charge is 2.41. The number of benzene rings is 2. The zero-order valence-electron chi connectivity index (χ0n) is 16.6. The Balaban J connectivity index is 1.63. The molecule has 6 heteroatoms. The third-order valence-corrected chi connectivity index (χ3v) is 4.76. The Morgan fingerprint density at radius 1 is 1.00 bits per heavy atom. The van der Waals surface area contributed by atoms with Crippen LogP contribution in [0.4, 0.5) is 10.5 Å². The number of rotatable bonds is 4. The van der Waals surface area contributed by atoms with Crippen LogP contribution in [0.15, 0.2) is 42.5 Å². The second-order valence-electron chi connectivity index (χ2n) is 7.93. The first-order valence-corrected chi connectivity index (χ1v) is 9.31. The Labute approximate surface area is 164 Å². The van der Waals surface area contributed by atoms with E-state index in [1.165, 1.54) is 16.0 Å². The number of carbonyl (C=O) groups is 3. The molecule has 4 amide bonds. The molecule has 0 aliphatic carbocycles. The van der Waals surface area contributed by atoms with Crippen molar-refractivity contribution in [2.24, 2.45) is 0 Å². The van der Waals surface area contributed by atoms with Crippen LogP contribution in [0.3, 0.4) is 0 Å². The third kappa shape index (κ3) is 3.91. The van der Waals surface area contributed by atoms with Gasteiger partial charge >= 0.3 is 6.03 Å². The highest BCUT2D eigenvalue weighted by atomic mass is 16.2. The van der Waals surface area contributed by atoms with E-state index in [-0.39, 0.29) is 17.8 Å². The van der Waals surface area contributed by atoms with E-state index in [1.54, 1.807) is 18.2 Å². The summed E-state index contributed by atoms with van der Waals surface area (Å²) in [7, 11) is 0. The minimum absolute atomic E-state index is 0.304. The molecule has 2 aromatic carbocycles. The summed E-state index contributed by atoms with van der Waals surface area (Å²) in [6, 6.07) is 12.5. The van der Waals surface area contributed by atoms with Gasteiger partial charge in [0.1, 0.15) is 0 Å². The van der Waals surface area contributed by atoms with Crippen molar-refractivity contribution in [3.63, 3.8) is 0 Å². The summed E-state index contributed by atoms with van der Waals surface area (Å²) < 4.78 is 0. The highest BCUT2D eigenvalue weighted by molar-refractivity contribution is 6.22. The maximum absolute atomic E-state index is 12.6. The smallest absolute Gasteiger partial charge is 0.319 e. The number of anilines is 1. The predicted octanol–water partition coefficient (Wildman–Crippen LogP) is 3.75. The van der Waals surface area contributed by atoms with Crippen LogP contribution in [-0.2, 0) is 6.42 Å². The van der Waals surface area contributed by atoms with Gasteiger partial charge in [0, 0.05) is 17.8 Å². The lowest BCUT2D eigenvalue weighted by Crippen LogP contribution is -2.45. The summed E-state index contributed by atoms with van der Waals surface area (Å²) in [5.74, 6) is -0.641. The topological polar surface area (TPSA) is 78.5 Å². The normalized spacial score (nSPS) is 13.5. The minimum atomic E-state index is -0.603. The van der Waals surface area contributed by atoms with Gasteiger partial charge in [-0.3, -0.25) is 14.5 Å². The van der Waals surface area contributed by atoms with E-state index < -0.39 is 5.54 Å². The first kappa shape index (κ1) is 19.6. The van der Waals surface area contributed by atoms with Crippen LogP contribution in [0.5, 0.6) is 0 Å². The predicted molar refractivity (Wildman–Crippen MR) is 109 cm³/mol. The van der Waals surface area contributed by atoms with Crippen LogP contribution >= 0.6 is 0 Å². The molecular formula is C22H25N3O3. The molecule has 0 bridgehead atoms. The maximum Gasteiger partial charge on any atom is 0.319 e. The molecule has 6 nitrogen and oxygen atoms in total. The molecule has 0 radical (unpaired) electrons. The molecule has 1 aliphatic rings. The van der Waals surface area contributed by atoms with Crippen LogP contribution < -0.4 is 10.6 Å². The number of imide groups is 1. The van der Waals surface area contributed by atoms with Crippen molar-refractivity contribution in [1.82, 2.24) is 10.2 Å². The average molecular weight is 379 g/mol.